The Bertz CT molecular complexity index is 814. The average molecular weight is 350 g/mol. The molecule has 0 bridgehead atoms. The van der Waals surface area contributed by atoms with Gasteiger partial charge < -0.3 is 5.73 Å². The number of benzene rings is 2. The molecule has 2 aromatic carbocycles. The Labute approximate surface area is 127 Å². The van der Waals surface area contributed by atoms with Crippen molar-refractivity contribution in [3.63, 3.8) is 0 Å². The summed E-state index contributed by atoms with van der Waals surface area (Å²) in [5, 5.41) is 6.67. The molecule has 3 nitrogen and oxygen atoms in total. The van der Waals surface area contributed by atoms with E-state index < -0.39 is 11.6 Å². The average Bonchev–Trinajstić information content (AvgIpc) is 2.84. The Kier molecular flexibility index (Phi) is 3.47. The maximum Gasteiger partial charge on any atom is 0.153 e. The van der Waals surface area contributed by atoms with Gasteiger partial charge in [0.15, 0.2) is 5.82 Å². The highest BCUT2D eigenvalue weighted by Crippen LogP contribution is 2.38. The number of nitrogens with one attached hydrogen (secondary N) is 1. The zero-order valence-corrected chi connectivity index (χ0v) is 12.3. The number of nitrogens with zero attached hydrogens (tertiary/aromatic N) is 1. The fraction of sp³-hybridized carbons (Fsp3) is 0. The molecule has 1 aromatic heterocycles. The molecule has 0 aliphatic heterocycles. The van der Waals surface area contributed by atoms with E-state index in [1.54, 1.807) is 24.3 Å². The highest BCUT2D eigenvalue weighted by Gasteiger charge is 2.19. The molecule has 3 aromatic rings. The molecule has 0 atom stereocenters. The number of H-pyrrole nitrogens is 1. The highest BCUT2D eigenvalue weighted by atomic mass is 79.9. The van der Waals surface area contributed by atoms with E-state index >= 15 is 0 Å². The number of aromatic nitrogens is 2. The molecule has 21 heavy (non-hydrogen) atoms. The van der Waals surface area contributed by atoms with Gasteiger partial charge in [-0.05, 0) is 24.3 Å². The number of nitrogens with two attached hydrogens (primary N) is 1. The van der Waals surface area contributed by atoms with E-state index in [2.05, 4.69) is 26.1 Å². The van der Waals surface area contributed by atoms with Crippen molar-refractivity contribution < 1.29 is 8.78 Å². The van der Waals surface area contributed by atoms with Crippen LogP contribution in [0.1, 0.15) is 0 Å². The molecule has 0 radical (unpaired) electrons. The van der Waals surface area contributed by atoms with Crippen LogP contribution in [0.25, 0.3) is 22.4 Å². The molecule has 0 aliphatic carbocycles. The number of rotatable bonds is 2. The Morgan fingerprint density at radius 1 is 1.05 bits per heavy atom. The monoisotopic (exact) mass is 349 g/mol. The third kappa shape index (κ3) is 2.42. The zero-order valence-electron chi connectivity index (χ0n) is 10.7. The lowest BCUT2D eigenvalue weighted by Crippen LogP contribution is -1.92. The standard InChI is InChI=1S/C15H10BrF2N3/c16-11-6-5-8(17)7-10(11)14-13(15(19)21-20-14)9-3-1-2-4-12(9)18/h1-7H,(H3,19,20,21). The van der Waals surface area contributed by atoms with E-state index in [0.29, 0.717) is 26.9 Å². The topological polar surface area (TPSA) is 54.7 Å². The van der Waals surface area contributed by atoms with Gasteiger partial charge in [0.2, 0.25) is 0 Å². The molecular weight excluding hydrogens is 340 g/mol. The van der Waals surface area contributed by atoms with Crippen molar-refractivity contribution in [1.82, 2.24) is 10.2 Å². The van der Waals surface area contributed by atoms with Crippen LogP contribution in [0.5, 0.6) is 0 Å². The second-order valence-electron chi connectivity index (χ2n) is 4.46. The summed E-state index contributed by atoms with van der Waals surface area (Å²) in [5.41, 5.74) is 7.57. The van der Waals surface area contributed by atoms with Crippen LogP contribution < -0.4 is 5.73 Å². The van der Waals surface area contributed by atoms with Gasteiger partial charge in [-0.3, -0.25) is 5.10 Å². The molecule has 0 saturated heterocycles. The van der Waals surface area contributed by atoms with Gasteiger partial charge in [0.25, 0.3) is 0 Å². The summed E-state index contributed by atoms with van der Waals surface area (Å²) in [6.45, 7) is 0. The number of nitrogen functional groups attached to an aromatic ring is 1. The number of anilines is 1. The minimum Gasteiger partial charge on any atom is -0.382 e. The second-order valence-corrected chi connectivity index (χ2v) is 5.32. The maximum absolute atomic E-state index is 14.0. The van der Waals surface area contributed by atoms with Gasteiger partial charge in [-0.2, -0.15) is 5.10 Å². The van der Waals surface area contributed by atoms with Crippen molar-refractivity contribution in [3.05, 3.63) is 58.6 Å². The minimum atomic E-state index is -0.417. The fourth-order valence-corrected chi connectivity index (χ4v) is 2.62. The van der Waals surface area contributed by atoms with Crippen LogP contribution in [-0.2, 0) is 0 Å². The molecule has 3 rings (SSSR count). The van der Waals surface area contributed by atoms with Gasteiger partial charge in [-0.15, -0.1) is 0 Å². The van der Waals surface area contributed by atoms with Crippen LogP contribution in [0.3, 0.4) is 0 Å². The molecule has 0 spiro atoms. The van der Waals surface area contributed by atoms with Crippen molar-refractivity contribution >= 4 is 21.7 Å². The Morgan fingerprint density at radius 3 is 2.57 bits per heavy atom. The summed E-state index contributed by atoms with van der Waals surface area (Å²) in [4.78, 5) is 0. The molecule has 0 unspecified atom stereocenters. The van der Waals surface area contributed by atoms with E-state index in [-0.39, 0.29) is 5.82 Å². The smallest absolute Gasteiger partial charge is 0.153 e. The molecule has 0 amide bonds. The first-order chi connectivity index (χ1) is 10.1. The van der Waals surface area contributed by atoms with Crippen LogP contribution >= 0.6 is 15.9 Å². The molecular formula is C15H10BrF2N3. The van der Waals surface area contributed by atoms with E-state index in [9.17, 15) is 8.78 Å². The Hall–Kier alpha value is -2.21. The molecule has 106 valence electrons. The van der Waals surface area contributed by atoms with E-state index in [0.717, 1.165) is 0 Å². The molecule has 1 heterocycles. The molecule has 3 N–H and O–H groups in total. The lowest BCUT2D eigenvalue weighted by molar-refractivity contribution is 0.628. The summed E-state index contributed by atoms with van der Waals surface area (Å²) < 4.78 is 28.2. The van der Waals surface area contributed by atoms with Gasteiger partial charge in [0, 0.05) is 15.6 Å². The van der Waals surface area contributed by atoms with Crippen LogP contribution in [0, 0.1) is 11.6 Å². The summed E-state index contributed by atoms with van der Waals surface area (Å²) in [6.07, 6.45) is 0. The summed E-state index contributed by atoms with van der Waals surface area (Å²) >= 11 is 3.35. The quantitative estimate of drug-likeness (QED) is 0.721. The Morgan fingerprint density at radius 2 is 1.81 bits per heavy atom. The van der Waals surface area contributed by atoms with Gasteiger partial charge >= 0.3 is 0 Å². The summed E-state index contributed by atoms with van der Waals surface area (Å²) in [5.74, 6) is -0.661. The highest BCUT2D eigenvalue weighted by molar-refractivity contribution is 9.10. The van der Waals surface area contributed by atoms with Crippen molar-refractivity contribution in [1.29, 1.82) is 0 Å². The number of hydrogen-bond acceptors (Lipinski definition) is 2. The molecule has 6 heteroatoms. The van der Waals surface area contributed by atoms with Crippen LogP contribution in [0.4, 0.5) is 14.6 Å². The first-order valence-electron chi connectivity index (χ1n) is 6.12. The summed E-state index contributed by atoms with van der Waals surface area (Å²) in [6, 6.07) is 10.5. The predicted octanol–water partition coefficient (Wildman–Crippen LogP) is 4.37. The lowest BCUT2D eigenvalue weighted by Gasteiger charge is -2.08. The SMILES string of the molecule is Nc1n[nH]c(-c2cc(F)ccc2Br)c1-c1ccccc1F. The van der Waals surface area contributed by atoms with Gasteiger partial charge in [0.05, 0.1) is 11.3 Å². The van der Waals surface area contributed by atoms with E-state index in [1.165, 1.54) is 18.2 Å². The normalized spacial score (nSPS) is 10.8. The zero-order chi connectivity index (χ0) is 15.0. The third-order valence-corrected chi connectivity index (χ3v) is 3.83. The molecule has 0 fully saturated rings. The van der Waals surface area contributed by atoms with Gasteiger partial charge in [-0.1, -0.05) is 34.1 Å². The van der Waals surface area contributed by atoms with Crippen LogP contribution in [0.15, 0.2) is 46.9 Å². The van der Waals surface area contributed by atoms with Crippen LogP contribution in [-0.4, -0.2) is 10.2 Å². The number of aromatic amines is 1. The van der Waals surface area contributed by atoms with Crippen molar-refractivity contribution in [2.75, 3.05) is 5.73 Å². The van der Waals surface area contributed by atoms with E-state index in [1.807, 2.05) is 0 Å². The van der Waals surface area contributed by atoms with Gasteiger partial charge in [0.1, 0.15) is 11.6 Å². The first-order valence-corrected chi connectivity index (χ1v) is 6.91. The van der Waals surface area contributed by atoms with E-state index in [4.69, 9.17) is 5.73 Å². The predicted molar refractivity (Wildman–Crippen MR) is 81.5 cm³/mol. The van der Waals surface area contributed by atoms with Crippen molar-refractivity contribution in [3.8, 4) is 22.4 Å². The molecule has 0 aliphatic rings. The molecule has 0 saturated carbocycles. The summed E-state index contributed by atoms with van der Waals surface area (Å²) in [7, 11) is 0. The van der Waals surface area contributed by atoms with Gasteiger partial charge in [-0.25, -0.2) is 8.78 Å². The number of hydrogen-bond donors (Lipinski definition) is 2. The van der Waals surface area contributed by atoms with Crippen molar-refractivity contribution in [2.24, 2.45) is 0 Å². The van der Waals surface area contributed by atoms with Crippen LogP contribution in [0.2, 0.25) is 0 Å². The lowest BCUT2D eigenvalue weighted by atomic mass is 10.0. The first kappa shape index (κ1) is 13.8. The minimum absolute atomic E-state index is 0.159. The second kappa shape index (κ2) is 5.29. The number of halogens is 3. The largest absolute Gasteiger partial charge is 0.382 e. The Balaban J connectivity index is 2.27. The van der Waals surface area contributed by atoms with Crippen molar-refractivity contribution in [2.45, 2.75) is 0 Å². The maximum atomic E-state index is 14.0. The third-order valence-electron chi connectivity index (χ3n) is 3.14. The fourth-order valence-electron chi connectivity index (χ4n) is 2.18.